The molecule has 3 fully saturated rings. The highest BCUT2D eigenvalue weighted by molar-refractivity contribution is 7.88. The van der Waals surface area contributed by atoms with Crippen LogP contribution in [-0.2, 0) is 39.6 Å². The van der Waals surface area contributed by atoms with E-state index in [2.05, 4.69) is 16.0 Å². The molecule has 0 spiro atoms. The number of benzene rings is 4. The molecule has 78 heavy (non-hydrogen) atoms. The summed E-state index contributed by atoms with van der Waals surface area (Å²) in [5.41, 5.74) is 0.825. The second-order valence-corrected chi connectivity index (χ2v) is 26.1. The molecule has 0 aliphatic carbocycles. The molecular formula is C57H64ClFN6O11S2. The Labute approximate surface area is 462 Å². The number of halogens is 2. The van der Waals surface area contributed by atoms with E-state index in [0.29, 0.717) is 66.2 Å². The number of likely N-dealkylation sites (tertiary alicyclic amines) is 1. The molecule has 0 radical (unpaired) electrons. The molecule has 5 heterocycles. The summed E-state index contributed by atoms with van der Waals surface area (Å²) in [6.45, 7) is 14.4. The molecule has 0 saturated carbocycles. The molecular weight excluding hydrogens is 1060 g/mol. The number of rotatable bonds is 13. The van der Waals surface area contributed by atoms with Crippen LogP contribution in [0.15, 0.2) is 72.8 Å². The number of ether oxygens (including phenoxy) is 3. The Morgan fingerprint density at radius 2 is 1.59 bits per heavy atom. The zero-order valence-electron chi connectivity index (χ0n) is 44.8. The van der Waals surface area contributed by atoms with Crippen molar-refractivity contribution in [3.8, 4) is 16.2 Å². The topological polar surface area (TPSA) is 210 Å². The van der Waals surface area contributed by atoms with E-state index in [-0.39, 0.29) is 70.1 Å². The van der Waals surface area contributed by atoms with Crippen molar-refractivity contribution in [1.82, 2.24) is 14.5 Å². The molecule has 1 unspecified atom stereocenters. The van der Waals surface area contributed by atoms with Crippen molar-refractivity contribution in [3.63, 3.8) is 0 Å². The highest BCUT2D eigenvalue weighted by atomic mass is 35.5. The molecule has 3 saturated heterocycles. The Morgan fingerprint density at radius 1 is 0.885 bits per heavy atom. The Balaban J connectivity index is 0.818. The fraction of sp³-hybridized carbons (Fsp3) is 0.439. The third kappa shape index (κ3) is 11.9. The number of hydrogen-bond donors (Lipinski definition) is 3. The van der Waals surface area contributed by atoms with E-state index in [1.807, 2.05) is 62.4 Å². The first-order valence-corrected chi connectivity index (χ1v) is 28.8. The minimum atomic E-state index is -4.08. The van der Waals surface area contributed by atoms with Gasteiger partial charge in [0.15, 0.2) is 23.1 Å². The summed E-state index contributed by atoms with van der Waals surface area (Å²) in [6, 6.07) is 19.6. The van der Waals surface area contributed by atoms with Gasteiger partial charge in [0, 0.05) is 59.8 Å². The fourth-order valence-corrected chi connectivity index (χ4v) is 14.4. The number of carbonyl (C=O) groups excluding carboxylic acids is 6. The number of carbonyl (C=O) groups is 6. The lowest BCUT2D eigenvalue weighted by Crippen LogP contribution is -2.55. The highest BCUT2D eigenvalue weighted by Gasteiger charge is 2.44. The van der Waals surface area contributed by atoms with Crippen molar-refractivity contribution in [2.24, 2.45) is 0 Å². The number of anilines is 3. The largest absolute Gasteiger partial charge is 0.479 e. The van der Waals surface area contributed by atoms with Gasteiger partial charge >= 0.3 is 18.0 Å². The summed E-state index contributed by atoms with van der Waals surface area (Å²) in [5.74, 6) is -3.87. The molecule has 9 rings (SSSR count). The Kier molecular flexibility index (Phi) is 15.5. The van der Waals surface area contributed by atoms with Gasteiger partial charge in [0.1, 0.15) is 22.3 Å². The number of amides is 5. The molecule has 4 aromatic carbocycles. The van der Waals surface area contributed by atoms with Crippen molar-refractivity contribution in [2.45, 2.75) is 134 Å². The number of imide groups is 1. The minimum Gasteiger partial charge on any atom is -0.479 e. The summed E-state index contributed by atoms with van der Waals surface area (Å²) >= 11 is 7.99. The second kappa shape index (κ2) is 21.6. The lowest BCUT2D eigenvalue weighted by Gasteiger charge is -2.45. The smallest absolute Gasteiger partial charge is 0.352 e. The first-order valence-electron chi connectivity index (χ1n) is 26.0. The number of nitrogens with zero attached hydrogens (tertiary/aromatic N) is 3. The van der Waals surface area contributed by atoms with Crippen LogP contribution in [0.2, 0.25) is 5.02 Å². The normalized spacial score (nSPS) is 19.2. The molecule has 3 N–H and O–H groups in total. The van der Waals surface area contributed by atoms with Crippen LogP contribution in [0, 0.1) is 5.82 Å². The summed E-state index contributed by atoms with van der Waals surface area (Å²) in [6.07, 6.45) is 2.38. The maximum Gasteiger partial charge on any atom is 0.352 e. The van der Waals surface area contributed by atoms with Crippen LogP contribution in [0.3, 0.4) is 0 Å². The summed E-state index contributed by atoms with van der Waals surface area (Å²) in [4.78, 5) is 81.8. The minimum absolute atomic E-state index is 0.00635. The number of piperidine rings is 3. The molecule has 414 valence electrons. The van der Waals surface area contributed by atoms with Crippen molar-refractivity contribution in [2.75, 3.05) is 41.8 Å². The van der Waals surface area contributed by atoms with E-state index in [9.17, 15) is 37.2 Å². The molecule has 5 aromatic rings. The van der Waals surface area contributed by atoms with Crippen LogP contribution < -0.4 is 25.6 Å². The molecule has 4 aliphatic rings. The van der Waals surface area contributed by atoms with Crippen LogP contribution >= 0.6 is 22.9 Å². The third-order valence-electron chi connectivity index (χ3n) is 14.2. The Morgan fingerprint density at radius 3 is 2.28 bits per heavy atom. The van der Waals surface area contributed by atoms with Gasteiger partial charge in [-0.2, -0.15) is 4.31 Å². The van der Waals surface area contributed by atoms with Crippen LogP contribution in [0.1, 0.15) is 131 Å². The van der Waals surface area contributed by atoms with Crippen molar-refractivity contribution >= 4 is 96.5 Å². The Bertz CT molecular complexity index is 3360. The van der Waals surface area contributed by atoms with Gasteiger partial charge in [-0.3, -0.25) is 24.6 Å². The molecule has 2 atom stereocenters. The number of nitrogens with one attached hydrogen (secondary N) is 3. The molecule has 5 amide bonds. The second-order valence-electron chi connectivity index (χ2n) is 22.9. The monoisotopic (exact) mass is 1130 g/mol. The van der Waals surface area contributed by atoms with Gasteiger partial charge in [0.2, 0.25) is 21.8 Å². The average molecular weight is 1130 g/mol. The summed E-state index contributed by atoms with van der Waals surface area (Å²) in [7, 11) is -4.08. The lowest BCUT2D eigenvalue weighted by molar-refractivity contribution is -0.157. The van der Waals surface area contributed by atoms with Crippen molar-refractivity contribution < 1.29 is 55.8 Å². The maximum absolute atomic E-state index is 16.3. The first kappa shape index (κ1) is 56.1. The summed E-state index contributed by atoms with van der Waals surface area (Å²) < 4.78 is 63.0. The van der Waals surface area contributed by atoms with Gasteiger partial charge in [0.25, 0.3) is 5.91 Å². The van der Waals surface area contributed by atoms with Crippen molar-refractivity contribution in [1.29, 1.82) is 0 Å². The van der Waals surface area contributed by atoms with Gasteiger partial charge < -0.3 is 29.7 Å². The van der Waals surface area contributed by atoms with Crippen LogP contribution in [-0.4, -0.2) is 108 Å². The van der Waals surface area contributed by atoms with E-state index in [1.54, 1.807) is 52.5 Å². The maximum atomic E-state index is 16.3. The predicted octanol–water partition coefficient (Wildman–Crippen LogP) is 10.4. The summed E-state index contributed by atoms with van der Waals surface area (Å²) in [5, 5.41) is 10.4. The molecule has 0 bridgehead atoms. The van der Waals surface area contributed by atoms with E-state index >= 15 is 4.39 Å². The molecule has 4 aliphatic heterocycles. The number of urea groups is 1. The SMILES string of the molecule is CC(C)(C)OC(=O)COc1c(C(=O)OC(C)(C)C)sc(-c2cccc(N[C@H]3CCN(S(=O)(=O)Cc4cccc(NC(=O)N5CCC(c6ccc7c8c(cccc68)C(=O)N7C6CCC(=O)NC6=O)CC5)c4F)C(C)(C)C3)c2)c1Cl. The van der Waals surface area contributed by atoms with E-state index in [0.717, 1.165) is 27.7 Å². The highest BCUT2D eigenvalue weighted by Crippen LogP contribution is 2.48. The lowest BCUT2D eigenvalue weighted by atomic mass is 9.85. The van der Waals surface area contributed by atoms with E-state index in [1.165, 1.54) is 27.4 Å². The standard InChI is InChI=1S/C57H64ClFN6O11S2/c1-55(2,3)75-44(67)30-74-48-46(58)49(77-50(48)53(70)76-56(4,5)6)33-12-9-14-35(28-33)60-36-24-27-64(57(7,8)29-36)78(72,73)31-34-13-10-17-40(47(34)59)61-54(71)63-25-22-32(23-26-63)37-18-19-41-45-38(37)15-11-16-39(45)52(69)65(41)42-20-21-43(66)62-51(42)68/h9-19,28,32,36,42,60H,20-27,29-31H2,1-8H3,(H,61,71)(H,62,66,68)/t36-,42?/m0/s1. The van der Waals surface area contributed by atoms with Crippen LogP contribution in [0.5, 0.6) is 5.75 Å². The van der Waals surface area contributed by atoms with Gasteiger partial charge in [-0.05, 0) is 140 Å². The van der Waals surface area contributed by atoms with Gasteiger partial charge in [-0.15, -0.1) is 11.3 Å². The molecule has 21 heteroatoms. The van der Waals surface area contributed by atoms with Crippen molar-refractivity contribution in [3.05, 3.63) is 105 Å². The number of sulfonamides is 1. The molecule has 1 aromatic heterocycles. The number of esters is 2. The van der Waals surface area contributed by atoms with Gasteiger partial charge in [-0.1, -0.05) is 54.1 Å². The number of hydrogen-bond acceptors (Lipinski definition) is 13. The van der Waals surface area contributed by atoms with Crippen LogP contribution in [0.25, 0.3) is 21.2 Å². The Hall–Kier alpha value is -6.61. The van der Waals surface area contributed by atoms with Gasteiger partial charge in [-0.25, -0.2) is 27.2 Å². The first-order chi connectivity index (χ1) is 36.7. The average Bonchev–Trinajstić information content (AvgIpc) is 4.10. The van der Waals surface area contributed by atoms with Gasteiger partial charge in [0.05, 0.1) is 22.0 Å². The zero-order valence-corrected chi connectivity index (χ0v) is 47.2. The predicted molar refractivity (Wildman–Crippen MR) is 297 cm³/mol. The quantitative estimate of drug-likeness (QED) is 0.0743. The van der Waals surface area contributed by atoms with Crippen LogP contribution in [0.4, 0.5) is 26.2 Å². The third-order valence-corrected chi connectivity index (χ3v) is 17.9. The molecule has 17 nitrogen and oxygen atoms in total. The van der Waals surface area contributed by atoms with E-state index in [4.69, 9.17) is 25.8 Å². The fourth-order valence-electron chi connectivity index (χ4n) is 11.0. The number of thiophene rings is 1. The van der Waals surface area contributed by atoms with E-state index < -0.39 is 74.9 Å². The zero-order chi connectivity index (χ0) is 56.2.